The summed E-state index contributed by atoms with van der Waals surface area (Å²) in [6.07, 6.45) is 0. The van der Waals surface area contributed by atoms with Crippen molar-refractivity contribution >= 4 is 11.7 Å². The van der Waals surface area contributed by atoms with Crippen LogP contribution in [-0.4, -0.2) is 55.8 Å². The van der Waals surface area contributed by atoms with Crippen molar-refractivity contribution < 1.29 is 19.0 Å². The standard InChI is InChI=1S/C13H17FN2O3/c1-19-12-8-10(14)2-3-11(12)16-6-4-15(5-7-16)9-13(17)18/h2-3,8H,4-7,9H2,1H3,(H,17,18). The molecule has 0 spiro atoms. The van der Waals surface area contributed by atoms with Crippen LogP contribution >= 0.6 is 0 Å². The lowest BCUT2D eigenvalue weighted by Crippen LogP contribution is -2.48. The number of hydrogen-bond acceptors (Lipinski definition) is 4. The Morgan fingerprint density at radius 1 is 1.37 bits per heavy atom. The predicted molar refractivity (Wildman–Crippen MR) is 69.2 cm³/mol. The van der Waals surface area contributed by atoms with Gasteiger partial charge in [0.15, 0.2) is 0 Å². The molecule has 0 amide bonds. The lowest BCUT2D eigenvalue weighted by atomic mass is 10.2. The van der Waals surface area contributed by atoms with Crippen LogP contribution in [0.5, 0.6) is 5.75 Å². The number of piperazine rings is 1. The maximum absolute atomic E-state index is 13.1. The van der Waals surface area contributed by atoms with Gasteiger partial charge in [0.05, 0.1) is 19.3 Å². The fraction of sp³-hybridized carbons (Fsp3) is 0.462. The van der Waals surface area contributed by atoms with E-state index in [2.05, 4.69) is 4.90 Å². The quantitative estimate of drug-likeness (QED) is 0.884. The summed E-state index contributed by atoms with van der Waals surface area (Å²) >= 11 is 0. The third-order valence-electron chi connectivity index (χ3n) is 3.21. The smallest absolute Gasteiger partial charge is 0.317 e. The van der Waals surface area contributed by atoms with E-state index >= 15 is 0 Å². The number of methoxy groups -OCH3 is 1. The van der Waals surface area contributed by atoms with Crippen molar-refractivity contribution in [1.82, 2.24) is 4.90 Å². The summed E-state index contributed by atoms with van der Waals surface area (Å²) in [5, 5.41) is 8.74. The van der Waals surface area contributed by atoms with Crippen molar-refractivity contribution in [3.05, 3.63) is 24.0 Å². The second kappa shape index (κ2) is 5.88. The average molecular weight is 268 g/mol. The Bertz CT molecular complexity index is 459. The maximum Gasteiger partial charge on any atom is 0.317 e. The Balaban J connectivity index is 2.03. The molecule has 104 valence electrons. The maximum atomic E-state index is 13.1. The Morgan fingerprint density at radius 3 is 2.63 bits per heavy atom. The highest BCUT2D eigenvalue weighted by Gasteiger charge is 2.21. The van der Waals surface area contributed by atoms with Crippen molar-refractivity contribution in [1.29, 1.82) is 0 Å². The largest absolute Gasteiger partial charge is 0.494 e. The van der Waals surface area contributed by atoms with Gasteiger partial charge in [0.1, 0.15) is 11.6 Å². The Kier molecular flexibility index (Phi) is 4.21. The number of carboxylic acid groups (broad SMARTS) is 1. The summed E-state index contributed by atoms with van der Waals surface area (Å²) in [4.78, 5) is 14.6. The first kappa shape index (κ1) is 13.6. The summed E-state index contributed by atoms with van der Waals surface area (Å²) in [6.45, 7) is 2.82. The highest BCUT2D eigenvalue weighted by atomic mass is 19.1. The number of rotatable bonds is 4. The van der Waals surface area contributed by atoms with Gasteiger partial charge >= 0.3 is 5.97 Å². The van der Waals surface area contributed by atoms with Gasteiger partial charge in [-0.2, -0.15) is 0 Å². The fourth-order valence-corrected chi connectivity index (χ4v) is 2.25. The second-order valence-electron chi connectivity index (χ2n) is 4.47. The van der Waals surface area contributed by atoms with E-state index in [-0.39, 0.29) is 12.4 Å². The molecule has 1 aromatic rings. The molecule has 1 aliphatic rings. The van der Waals surface area contributed by atoms with Gasteiger partial charge in [0.25, 0.3) is 0 Å². The molecule has 1 aromatic carbocycles. The van der Waals surface area contributed by atoms with Crippen LogP contribution in [-0.2, 0) is 4.79 Å². The van der Waals surface area contributed by atoms with Gasteiger partial charge in [-0.25, -0.2) is 4.39 Å². The summed E-state index contributed by atoms with van der Waals surface area (Å²) in [5.74, 6) is -0.635. The molecule has 1 aliphatic heterocycles. The van der Waals surface area contributed by atoms with E-state index < -0.39 is 5.97 Å². The minimum atomic E-state index is -0.812. The van der Waals surface area contributed by atoms with E-state index in [0.29, 0.717) is 31.9 Å². The van der Waals surface area contributed by atoms with Gasteiger partial charge < -0.3 is 14.7 Å². The van der Waals surface area contributed by atoms with E-state index in [1.165, 1.54) is 19.2 Å². The summed E-state index contributed by atoms with van der Waals surface area (Å²) < 4.78 is 18.3. The third kappa shape index (κ3) is 3.35. The number of nitrogens with zero attached hydrogens (tertiary/aromatic N) is 2. The first-order valence-corrected chi connectivity index (χ1v) is 6.13. The summed E-state index contributed by atoms with van der Waals surface area (Å²) in [6, 6.07) is 4.46. The van der Waals surface area contributed by atoms with Crippen LogP contribution < -0.4 is 9.64 Å². The molecule has 0 aliphatic carbocycles. The molecule has 6 heteroatoms. The van der Waals surface area contributed by atoms with Gasteiger partial charge in [0.2, 0.25) is 0 Å². The summed E-state index contributed by atoms with van der Waals surface area (Å²) in [7, 11) is 1.51. The van der Waals surface area contributed by atoms with Crippen molar-refractivity contribution in [3.8, 4) is 5.75 Å². The van der Waals surface area contributed by atoms with Gasteiger partial charge in [-0.3, -0.25) is 9.69 Å². The SMILES string of the molecule is COc1cc(F)ccc1N1CCN(CC(=O)O)CC1. The van der Waals surface area contributed by atoms with Crippen molar-refractivity contribution in [2.75, 3.05) is 44.7 Å². The summed E-state index contributed by atoms with van der Waals surface area (Å²) in [5.41, 5.74) is 0.846. The molecule has 0 radical (unpaired) electrons. The molecule has 1 heterocycles. The fourth-order valence-electron chi connectivity index (χ4n) is 2.25. The number of benzene rings is 1. The number of anilines is 1. The minimum absolute atomic E-state index is 0.0639. The van der Waals surface area contributed by atoms with Crippen molar-refractivity contribution in [3.63, 3.8) is 0 Å². The monoisotopic (exact) mass is 268 g/mol. The van der Waals surface area contributed by atoms with Crippen LogP contribution in [0.3, 0.4) is 0 Å². The van der Waals surface area contributed by atoms with Crippen LogP contribution in [0.2, 0.25) is 0 Å². The zero-order valence-electron chi connectivity index (χ0n) is 10.8. The van der Waals surface area contributed by atoms with Crippen LogP contribution in [0.25, 0.3) is 0 Å². The van der Waals surface area contributed by atoms with Gasteiger partial charge in [0, 0.05) is 32.2 Å². The number of ether oxygens (including phenoxy) is 1. The number of aliphatic carboxylic acids is 1. The molecule has 0 saturated carbocycles. The van der Waals surface area contributed by atoms with E-state index in [9.17, 15) is 9.18 Å². The average Bonchev–Trinajstić information content (AvgIpc) is 2.39. The molecule has 1 fully saturated rings. The molecule has 19 heavy (non-hydrogen) atoms. The van der Waals surface area contributed by atoms with Gasteiger partial charge in [-0.15, -0.1) is 0 Å². The molecule has 1 N–H and O–H groups in total. The Labute approximate surface area is 111 Å². The lowest BCUT2D eigenvalue weighted by molar-refractivity contribution is -0.138. The zero-order chi connectivity index (χ0) is 13.8. The molecule has 5 nitrogen and oxygen atoms in total. The number of carboxylic acids is 1. The van der Waals surface area contributed by atoms with Crippen LogP contribution in [0.1, 0.15) is 0 Å². The Morgan fingerprint density at radius 2 is 2.05 bits per heavy atom. The molecule has 0 bridgehead atoms. The van der Waals surface area contributed by atoms with E-state index in [1.54, 1.807) is 6.07 Å². The van der Waals surface area contributed by atoms with Crippen molar-refractivity contribution in [2.45, 2.75) is 0 Å². The second-order valence-corrected chi connectivity index (χ2v) is 4.47. The third-order valence-corrected chi connectivity index (χ3v) is 3.21. The van der Waals surface area contributed by atoms with E-state index in [1.807, 2.05) is 4.90 Å². The normalized spacial score (nSPS) is 16.4. The first-order chi connectivity index (χ1) is 9.10. The molecule has 1 saturated heterocycles. The topological polar surface area (TPSA) is 53.0 Å². The highest BCUT2D eigenvalue weighted by Crippen LogP contribution is 2.29. The first-order valence-electron chi connectivity index (χ1n) is 6.13. The Hall–Kier alpha value is -1.82. The van der Waals surface area contributed by atoms with Gasteiger partial charge in [-0.1, -0.05) is 0 Å². The molecular weight excluding hydrogens is 251 g/mol. The zero-order valence-corrected chi connectivity index (χ0v) is 10.8. The van der Waals surface area contributed by atoms with Crippen LogP contribution in [0.4, 0.5) is 10.1 Å². The molecule has 2 rings (SSSR count). The van der Waals surface area contributed by atoms with Gasteiger partial charge in [-0.05, 0) is 12.1 Å². The van der Waals surface area contributed by atoms with Crippen LogP contribution in [0, 0.1) is 5.82 Å². The van der Waals surface area contributed by atoms with Crippen molar-refractivity contribution in [2.24, 2.45) is 0 Å². The van der Waals surface area contributed by atoms with E-state index in [4.69, 9.17) is 9.84 Å². The van der Waals surface area contributed by atoms with Crippen LogP contribution in [0.15, 0.2) is 18.2 Å². The molecule has 0 unspecified atom stereocenters. The number of halogens is 1. The number of hydrogen-bond donors (Lipinski definition) is 1. The molecular formula is C13H17FN2O3. The number of carbonyl (C=O) groups is 1. The molecule has 0 aromatic heterocycles. The highest BCUT2D eigenvalue weighted by molar-refractivity contribution is 5.69. The minimum Gasteiger partial charge on any atom is -0.494 e. The molecule has 0 atom stereocenters. The lowest BCUT2D eigenvalue weighted by Gasteiger charge is -2.35. The predicted octanol–water partition coefficient (Wildman–Crippen LogP) is 1.04. The van der Waals surface area contributed by atoms with E-state index in [0.717, 1.165) is 5.69 Å².